The van der Waals surface area contributed by atoms with Crippen LogP contribution in [0, 0.1) is 11.8 Å². The molecule has 0 unspecified atom stereocenters. The third kappa shape index (κ3) is 1.90. The summed E-state index contributed by atoms with van der Waals surface area (Å²) < 4.78 is 0. The summed E-state index contributed by atoms with van der Waals surface area (Å²) in [5, 5.41) is 9.00. The molecule has 0 aromatic heterocycles. The van der Waals surface area contributed by atoms with Crippen LogP contribution in [0.3, 0.4) is 0 Å². The van der Waals surface area contributed by atoms with Gasteiger partial charge in [0.1, 0.15) is 0 Å². The van der Waals surface area contributed by atoms with Crippen LogP contribution in [0.1, 0.15) is 36.0 Å². The fourth-order valence-corrected chi connectivity index (χ4v) is 3.19. The zero-order chi connectivity index (χ0) is 14.3. The summed E-state index contributed by atoms with van der Waals surface area (Å²) in [5.41, 5.74) is 0.451. The second kappa shape index (κ2) is 4.74. The summed E-state index contributed by atoms with van der Waals surface area (Å²) in [6.45, 7) is 0. The van der Waals surface area contributed by atoms with Gasteiger partial charge in [0.15, 0.2) is 0 Å². The second-order valence-corrected chi connectivity index (χ2v) is 5.36. The maximum absolute atomic E-state index is 12.4. The number of carboxylic acid groups (broad SMARTS) is 1. The van der Waals surface area contributed by atoms with E-state index in [0.717, 1.165) is 25.7 Å². The van der Waals surface area contributed by atoms with E-state index in [4.69, 9.17) is 5.11 Å². The monoisotopic (exact) mass is 273 g/mol. The summed E-state index contributed by atoms with van der Waals surface area (Å²) in [7, 11) is 0. The molecule has 1 aromatic carbocycles. The first-order valence-electron chi connectivity index (χ1n) is 6.81. The standard InChI is InChI=1S/C15H15NO4/c17-13-11-6-1-2-7-12(11)14(18)16(13)10-5-3-4-9(8-10)15(19)20/h3-5,8,11-12H,1-2,6-7H2,(H,19,20)/t11-,12-/m1/s1. The Balaban J connectivity index is 1.97. The minimum absolute atomic E-state index is 0.0815. The molecule has 1 saturated heterocycles. The summed E-state index contributed by atoms with van der Waals surface area (Å²) >= 11 is 0. The number of nitrogens with zero attached hydrogens (tertiary/aromatic N) is 1. The van der Waals surface area contributed by atoms with Gasteiger partial charge in [0.2, 0.25) is 11.8 Å². The lowest BCUT2D eigenvalue weighted by Gasteiger charge is -2.19. The Morgan fingerprint density at radius 2 is 1.70 bits per heavy atom. The molecule has 5 heteroatoms. The first-order valence-corrected chi connectivity index (χ1v) is 6.81. The average molecular weight is 273 g/mol. The van der Waals surface area contributed by atoms with Crippen molar-refractivity contribution < 1.29 is 19.5 Å². The van der Waals surface area contributed by atoms with E-state index in [1.165, 1.54) is 17.0 Å². The average Bonchev–Trinajstić information content (AvgIpc) is 2.72. The summed E-state index contributed by atoms with van der Waals surface area (Å²) in [6, 6.07) is 6.00. The van der Waals surface area contributed by atoms with E-state index < -0.39 is 5.97 Å². The van der Waals surface area contributed by atoms with E-state index in [0.29, 0.717) is 5.69 Å². The normalized spacial score (nSPS) is 25.7. The minimum atomic E-state index is -1.07. The molecule has 1 aliphatic heterocycles. The van der Waals surface area contributed by atoms with Gasteiger partial charge in [-0.3, -0.25) is 14.5 Å². The van der Waals surface area contributed by atoms with Crippen molar-refractivity contribution in [1.29, 1.82) is 0 Å². The Kier molecular flexibility index (Phi) is 3.04. The van der Waals surface area contributed by atoms with Crippen molar-refractivity contribution in [3.63, 3.8) is 0 Å². The second-order valence-electron chi connectivity index (χ2n) is 5.36. The van der Waals surface area contributed by atoms with E-state index in [1.807, 2.05) is 0 Å². The van der Waals surface area contributed by atoms with Gasteiger partial charge in [0.25, 0.3) is 0 Å². The van der Waals surface area contributed by atoms with Gasteiger partial charge in [-0.2, -0.15) is 0 Å². The smallest absolute Gasteiger partial charge is 0.335 e. The quantitative estimate of drug-likeness (QED) is 0.837. The van der Waals surface area contributed by atoms with E-state index in [9.17, 15) is 14.4 Å². The number of fused-ring (bicyclic) bond motifs is 1. The van der Waals surface area contributed by atoms with Crippen LogP contribution in [0.4, 0.5) is 5.69 Å². The minimum Gasteiger partial charge on any atom is -0.478 e. The van der Waals surface area contributed by atoms with E-state index >= 15 is 0 Å². The van der Waals surface area contributed by atoms with Gasteiger partial charge >= 0.3 is 5.97 Å². The van der Waals surface area contributed by atoms with Gasteiger partial charge in [-0.1, -0.05) is 18.9 Å². The molecule has 1 N–H and O–H groups in total. The topological polar surface area (TPSA) is 74.7 Å². The number of anilines is 1. The number of benzene rings is 1. The van der Waals surface area contributed by atoms with E-state index in [2.05, 4.69) is 0 Å². The zero-order valence-corrected chi connectivity index (χ0v) is 10.9. The number of aromatic carboxylic acids is 1. The van der Waals surface area contributed by atoms with Crippen LogP contribution in [0.25, 0.3) is 0 Å². The van der Waals surface area contributed by atoms with Crippen LogP contribution < -0.4 is 4.90 Å². The number of rotatable bonds is 2. The molecule has 0 spiro atoms. The van der Waals surface area contributed by atoms with Crippen molar-refractivity contribution in [2.24, 2.45) is 11.8 Å². The van der Waals surface area contributed by atoms with Crippen LogP contribution in [-0.2, 0) is 9.59 Å². The highest BCUT2D eigenvalue weighted by molar-refractivity contribution is 6.22. The molecule has 1 heterocycles. The summed E-state index contributed by atoms with van der Waals surface area (Å²) in [5.74, 6) is -1.86. The van der Waals surface area contributed by atoms with Gasteiger partial charge < -0.3 is 5.11 Å². The highest BCUT2D eigenvalue weighted by atomic mass is 16.4. The molecular formula is C15H15NO4. The first kappa shape index (κ1) is 12.8. The predicted molar refractivity (Wildman–Crippen MR) is 71.3 cm³/mol. The lowest BCUT2D eigenvalue weighted by molar-refractivity contribution is -0.122. The van der Waals surface area contributed by atoms with Crippen molar-refractivity contribution in [3.8, 4) is 0 Å². The maximum Gasteiger partial charge on any atom is 0.335 e. The van der Waals surface area contributed by atoms with Gasteiger partial charge in [0, 0.05) is 0 Å². The van der Waals surface area contributed by atoms with E-state index in [-0.39, 0.29) is 29.2 Å². The molecule has 2 aliphatic rings. The SMILES string of the molecule is O=C(O)c1cccc(N2C(=O)[C@@H]3CCCC[C@H]3C2=O)c1. The van der Waals surface area contributed by atoms with Gasteiger partial charge in [-0.05, 0) is 31.0 Å². The van der Waals surface area contributed by atoms with Crippen LogP contribution in [-0.4, -0.2) is 22.9 Å². The Hall–Kier alpha value is -2.17. The maximum atomic E-state index is 12.4. The first-order chi connectivity index (χ1) is 9.59. The van der Waals surface area contributed by atoms with Gasteiger partial charge in [0.05, 0.1) is 23.1 Å². The lowest BCUT2D eigenvalue weighted by Crippen LogP contribution is -2.31. The third-order valence-electron chi connectivity index (χ3n) is 4.19. The molecule has 104 valence electrons. The zero-order valence-electron chi connectivity index (χ0n) is 10.9. The van der Waals surface area contributed by atoms with E-state index in [1.54, 1.807) is 12.1 Å². The molecule has 1 aromatic rings. The molecule has 0 radical (unpaired) electrons. The number of carbonyl (C=O) groups excluding carboxylic acids is 2. The molecule has 5 nitrogen and oxygen atoms in total. The molecule has 2 fully saturated rings. The number of carboxylic acids is 1. The predicted octanol–water partition coefficient (Wildman–Crippen LogP) is 2.06. The van der Waals surface area contributed by atoms with Crippen molar-refractivity contribution in [2.75, 3.05) is 4.90 Å². The van der Waals surface area contributed by atoms with Crippen LogP contribution in [0.2, 0.25) is 0 Å². The van der Waals surface area contributed by atoms with Crippen molar-refractivity contribution in [1.82, 2.24) is 0 Å². The molecule has 3 rings (SSSR count). The van der Waals surface area contributed by atoms with Crippen LogP contribution >= 0.6 is 0 Å². The number of amides is 2. The molecule has 0 bridgehead atoms. The highest BCUT2D eigenvalue weighted by Gasteiger charge is 2.48. The largest absolute Gasteiger partial charge is 0.478 e. The Bertz CT molecular complexity index is 571. The molecule has 1 saturated carbocycles. The number of imide groups is 1. The van der Waals surface area contributed by atoms with Crippen molar-refractivity contribution in [2.45, 2.75) is 25.7 Å². The van der Waals surface area contributed by atoms with Crippen LogP contribution in [0.15, 0.2) is 24.3 Å². The highest BCUT2D eigenvalue weighted by Crippen LogP contribution is 2.40. The summed E-state index contributed by atoms with van der Waals surface area (Å²) in [6.07, 6.45) is 3.46. The Morgan fingerprint density at radius 3 is 2.25 bits per heavy atom. The number of hydrogen-bond acceptors (Lipinski definition) is 3. The van der Waals surface area contributed by atoms with Crippen LogP contribution in [0.5, 0.6) is 0 Å². The van der Waals surface area contributed by atoms with Crippen molar-refractivity contribution >= 4 is 23.5 Å². The van der Waals surface area contributed by atoms with Gasteiger partial charge in [-0.25, -0.2) is 4.79 Å². The Labute approximate surface area is 116 Å². The molecule has 1 aliphatic carbocycles. The number of hydrogen-bond donors (Lipinski definition) is 1. The van der Waals surface area contributed by atoms with Crippen molar-refractivity contribution in [3.05, 3.63) is 29.8 Å². The molecule has 20 heavy (non-hydrogen) atoms. The van der Waals surface area contributed by atoms with Gasteiger partial charge in [-0.15, -0.1) is 0 Å². The fourth-order valence-electron chi connectivity index (χ4n) is 3.19. The third-order valence-corrected chi connectivity index (χ3v) is 4.19. The molecule has 2 atom stereocenters. The number of carbonyl (C=O) groups is 3. The fraction of sp³-hybridized carbons (Fsp3) is 0.400. The lowest BCUT2D eigenvalue weighted by atomic mass is 9.81. The summed E-state index contributed by atoms with van der Waals surface area (Å²) in [4.78, 5) is 36.9. The molecule has 2 amide bonds. The Morgan fingerprint density at radius 1 is 1.10 bits per heavy atom. The molecular weight excluding hydrogens is 258 g/mol.